The standard InChI is InChI=1S/C27H38O/c1-19(13-16-28)11-12-21-9-7-8-10-22(21)23-18-25-24(17-20(23)2)26(3,4)14-15-27(25,5)6/h11-13,17-18,28H,7-10,14-16H2,1-6H3/b12-11?,19-13+. The molecule has 1 heteroatoms. The third kappa shape index (κ3) is 4.20. The first-order valence-electron chi connectivity index (χ1n) is 11.0. The maximum absolute atomic E-state index is 9.12. The molecule has 0 spiro atoms. The Kier molecular flexibility index (Phi) is 6.05. The zero-order valence-electron chi connectivity index (χ0n) is 18.8. The van der Waals surface area contributed by atoms with Gasteiger partial charge in [-0.2, -0.15) is 0 Å². The van der Waals surface area contributed by atoms with Crippen molar-refractivity contribution in [2.45, 2.75) is 90.9 Å². The number of fused-ring (bicyclic) bond motifs is 1. The second kappa shape index (κ2) is 8.03. The summed E-state index contributed by atoms with van der Waals surface area (Å²) in [6, 6.07) is 5.03. The van der Waals surface area contributed by atoms with Gasteiger partial charge in [0.05, 0.1) is 6.61 Å². The van der Waals surface area contributed by atoms with Crippen LogP contribution < -0.4 is 0 Å². The summed E-state index contributed by atoms with van der Waals surface area (Å²) in [6.45, 7) is 14.1. The van der Waals surface area contributed by atoms with Gasteiger partial charge >= 0.3 is 0 Å². The maximum Gasteiger partial charge on any atom is 0.0617 e. The number of hydrogen-bond acceptors (Lipinski definition) is 1. The van der Waals surface area contributed by atoms with Crippen LogP contribution >= 0.6 is 0 Å². The van der Waals surface area contributed by atoms with E-state index in [1.54, 1.807) is 16.7 Å². The van der Waals surface area contributed by atoms with Crippen LogP contribution in [0.5, 0.6) is 0 Å². The molecule has 28 heavy (non-hydrogen) atoms. The van der Waals surface area contributed by atoms with Crippen LogP contribution in [-0.4, -0.2) is 11.7 Å². The van der Waals surface area contributed by atoms with Crippen molar-refractivity contribution in [2.24, 2.45) is 0 Å². The van der Waals surface area contributed by atoms with Crippen LogP contribution in [0.15, 0.2) is 41.5 Å². The molecule has 0 radical (unpaired) electrons. The molecule has 0 unspecified atom stereocenters. The topological polar surface area (TPSA) is 20.2 Å². The van der Waals surface area contributed by atoms with Gasteiger partial charge in [0.15, 0.2) is 0 Å². The highest BCUT2D eigenvalue weighted by atomic mass is 16.2. The Hall–Kier alpha value is -1.60. The highest BCUT2D eigenvalue weighted by molar-refractivity contribution is 5.75. The Balaban J connectivity index is 2.12. The fourth-order valence-corrected chi connectivity index (χ4v) is 4.91. The summed E-state index contributed by atoms with van der Waals surface area (Å²) in [5.74, 6) is 0. The van der Waals surface area contributed by atoms with Gasteiger partial charge in [0, 0.05) is 0 Å². The molecule has 0 atom stereocenters. The number of aliphatic hydroxyl groups excluding tert-OH is 1. The van der Waals surface area contributed by atoms with Gasteiger partial charge in [-0.15, -0.1) is 0 Å². The Bertz CT molecular complexity index is 830. The van der Waals surface area contributed by atoms with E-state index in [9.17, 15) is 0 Å². The molecule has 0 aliphatic heterocycles. The van der Waals surface area contributed by atoms with E-state index in [1.165, 1.54) is 48.8 Å². The first-order chi connectivity index (χ1) is 13.2. The van der Waals surface area contributed by atoms with Gasteiger partial charge in [0.1, 0.15) is 0 Å². The fourth-order valence-electron chi connectivity index (χ4n) is 4.91. The Labute approximate surface area is 172 Å². The molecule has 1 aromatic rings. The number of aryl methyl sites for hydroxylation is 1. The number of benzene rings is 1. The molecule has 0 heterocycles. The maximum atomic E-state index is 9.12. The predicted octanol–water partition coefficient (Wildman–Crippen LogP) is 7.17. The largest absolute Gasteiger partial charge is 0.392 e. The summed E-state index contributed by atoms with van der Waals surface area (Å²) < 4.78 is 0. The smallest absolute Gasteiger partial charge is 0.0617 e. The van der Waals surface area contributed by atoms with Gasteiger partial charge in [-0.3, -0.25) is 0 Å². The van der Waals surface area contributed by atoms with E-state index in [1.807, 2.05) is 6.08 Å². The van der Waals surface area contributed by atoms with E-state index >= 15 is 0 Å². The van der Waals surface area contributed by atoms with E-state index in [4.69, 9.17) is 5.11 Å². The molecule has 0 amide bonds. The Morgan fingerprint density at radius 1 is 1.00 bits per heavy atom. The minimum absolute atomic E-state index is 0.108. The molecule has 3 rings (SSSR count). The predicted molar refractivity (Wildman–Crippen MR) is 122 cm³/mol. The lowest BCUT2D eigenvalue weighted by Gasteiger charge is -2.42. The molecular weight excluding hydrogens is 340 g/mol. The molecule has 0 bridgehead atoms. The van der Waals surface area contributed by atoms with Crippen molar-refractivity contribution in [3.63, 3.8) is 0 Å². The SMILES string of the molecule is C/C(C=CC1=C(c2cc3c(cc2C)C(C)(C)CCC3(C)C)CCCC1)=C\CO. The second-order valence-electron chi connectivity index (χ2n) is 10.2. The van der Waals surface area contributed by atoms with Gasteiger partial charge in [-0.25, -0.2) is 0 Å². The highest BCUT2D eigenvalue weighted by Gasteiger charge is 2.37. The van der Waals surface area contributed by atoms with Gasteiger partial charge < -0.3 is 5.11 Å². The molecule has 152 valence electrons. The fraction of sp³-hybridized carbons (Fsp3) is 0.556. The van der Waals surface area contributed by atoms with Gasteiger partial charge in [-0.05, 0) is 96.6 Å². The summed E-state index contributed by atoms with van der Waals surface area (Å²) in [6.07, 6.45) is 13.7. The van der Waals surface area contributed by atoms with Gasteiger partial charge in [0.25, 0.3) is 0 Å². The summed E-state index contributed by atoms with van der Waals surface area (Å²) in [7, 11) is 0. The summed E-state index contributed by atoms with van der Waals surface area (Å²) in [5.41, 5.74) is 10.7. The Morgan fingerprint density at radius 3 is 2.25 bits per heavy atom. The van der Waals surface area contributed by atoms with Crippen molar-refractivity contribution in [2.75, 3.05) is 6.61 Å². The first-order valence-corrected chi connectivity index (χ1v) is 11.0. The van der Waals surface area contributed by atoms with Crippen molar-refractivity contribution in [1.82, 2.24) is 0 Å². The minimum Gasteiger partial charge on any atom is -0.392 e. The van der Waals surface area contributed by atoms with Crippen LogP contribution in [0.2, 0.25) is 0 Å². The zero-order chi connectivity index (χ0) is 20.5. The number of hydrogen-bond donors (Lipinski definition) is 1. The summed E-state index contributed by atoms with van der Waals surface area (Å²) >= 11 is 0. The highest BCUT2D eigenvalue weighted by Crippen LogP contribution is 2.48. The normalized spacial score (nSPS) is 21.9. The van der Waals surface area contributed by atoms with Crippen LogP contribution in [-0.2, 0) is 10.8 Å². The molecule has 1 aromatic carbocycles. The van der Waals surface area contributed by atoms with Crippen LogP contribution in [0.3, 0.4) is 0 Å². The number of rotatable bonds is 4. The average molecular weight is 379 g/mol. The van der Waals surface area contributed by atoms with E-state index < -0.39 is 0 Å². The molecule has 1 nitrogen and oxygen atoms in total. The average Bonchev–Trinajstić information content (AvgIpc) is 2.64. The van der Waals surface area contributed by atoms with Crippen molar-refractivity contribution in [1.29, 1.82) is 0 Å². The molecule has 0 saturated carbocycles. The second-order valence-corrected chi connectivity index (χ2v) is 10.2. The minimum atomic E-state index is 0.108. The lowest BCUT2D eigenvalue weighted by atomic mass is 9.62. The van der Waals surface area contributed by atoms with Gasteiger partial charge in [-0.1, -0.05) is 63.6 Å². The van der Waals surface area contributed by atoms with Crippen molar-refractivity contribution < 1.29 is 5.11 Å². The summed E-state index contributed by atoms with van der Waals surface area (Å²) in [4.78, 5) is 0. The number of allylic oxidation sites excluding steroid dienone is 5. The Morgan fingerprint density at radius 2 is 1.61 bits per heavy atom. The van der Waals surface area contributed by atoms with Crippen molar-refractivity contribution >= 4 is 5.57 Å². The lowest BCUT2D eigenvalue weighted by Crippen LogP contribution is -2.34. The molecule has 0 saturated heterocycles. The van der Waals surface area contributed by atoms with Crippen molar-refractivity contribution in [3.05, 3.63) is 63.8 Å². The molecule has 1 N–H and O–H groups in total. The lowest BCUT2D eigenvalue weighted by molar-refractivity contribution is 0.331. The van der Waals surface area contributed by atoms with E-state index in [0.717, 1.165) is 12.0 Å². The molecule has 0 fully saturated rings. The summed E-state index contributed by atoms with van der Waals surface area (Å²) in [5, 5.41) is 9.12. The van der Waals surface area contributed by atoms with Crippen LogP contribution in [0.25, 0.3) is 5.57 Å². The van der Waals surface area contributed by atoms with E-state index in [-0.39, 0.29) is 17.4 Å². The quantitative estimate of drug-likeness (QED) is 0.551. The van der Waals surface area contributed by atoms with Gasteiger partial charge in [0.2, 0.25) is 0 Å². The molecule has 2 aliphatic rings. The van der Waals surface area contributed by atoms with Crippen LogP contribution in [0.4, 0.5) is 0 Å². The van der Waals surface area contributed by atoms with Crippen LogP contribution in [0, 0.1) is 6.92 Å². The third-order valence-corrected chi connectivity index (χ3v) is 6.99. The molecular formula is C27H38O. The first kappa shape index (κ1) is 21.1. The number of aliphatic hydroxyl groups is 1. The molecule has 0 aromatic heterocycles. The third-order valence-electron chi connectivity index (χ3n) is 6.99. The van der Waals surface area contributed by atoms with E-state index in [0.29, 0.717) is 0 Å². The monoisotopic (exact) mass is 378 g/mol. The van der Waals surface area contributed by atoms with E-state index in [2.05, 4.69) is 65.8 Å². The molecule has 2 aliphatic carbocycles. The van der Waals surface area contributed by atoms with Crippen molar-refractivity contribution in [3.8, 4) is 0 Å². The zero-order valence-corrected chi connectivity index (χ0v) is 18.8. The van der Waals surface area contributed by atoms with Crippen LogP contribution in [0.1, 0.15) is 95.4 Å².